The van der Waals surface area contributed by atoms with Gasteiger partial charge in [-0.2, -0.15) is 0 Å². The van der Waals surface area contributed by atoms with E-state index in [1.54, 1.807) is 0 Å². The Morgan fingerprint density at radius 1 is 1.25 bits per heavy atom. The fraction of sp³-hybridized carbons (Fsp3) is 0.647. The molecule has 0 bridgehead atoms. The van der Waals surface area contributed by atoms with Gasteiger partial charge in [-0.1, -0.05) is 37.3 Å². The van der Waals surface area contributed by atoms with Gasteiger partial charge in [0.1, 0.15) is 0 Å². The topological polar surface area (TPSA) is 35.5 Å². The van der Waals surface area contributed by atoms with Crippen molar-refractivity contribution in [3.63, 3.8) is 0 Å². The molecule has 2 rings (SSSR count). The Kier molecular flexibility index (Phi) is 6.51. The molecule has 1 aromatic rings. The van der Waals surface area contributed by atoms with Gasteiger partial charge in [-0.25, -0.2) is 0 Å². The van der Waals surface area contributed by atoms with Crippen LogP contribution in [0.15, 0.2) is 30.3 Å². The monoisotopic (exact) mass is 276 g/mol. The number of rotatable bonds is 7. The average Bonchev–Trinajstić information content (AvgIpc) is 2.50. The summed E-state index contributed by atoms with van der Waals surface area (Å²) in [6.07, 6.45) is 4.12. The van der Waals surface area contributed by atoms with Crippen LogP contribution in [0, 0.1) is 0 Å². The molecule has 0 amide bonds. The molecule has 1 heterocycles. The van der Waals surface area contributed by atoms with E-state index in [1.807, 2.05) is 0 Å². The number of benzene rings is 1. The van der Waals surface area contributed by atoms with Crippen molar-refractivity contribution >= 4 is 0 Å². The van der Waals surface area contributed by atoms with Gasteiger partial charge < -0.3 is 15.3 Å². The average molecular weight is 276 g/mol. The smallest absolute Gasteiger partial charge is 0.0564 e. The zero-order chi connectivity index (χ0) is 14.2. The highest BCUT2D eigenvalue weighted by Crippen LogP contribution is 2.16. The van der Waals surface area contributed by atoms with Gasteiger partial charge in [0.05, 0.1) is 6.10 Å². The molecule has 20 heavy (non-hydrogen) atoms. The van der Waals surface area contributed by atoms with Crippen molar-refractivity contribution in [2.75, 3.05) is 26.2 Å². The van der Waals surface area contributed by atoms with E-state index >= 15 is 0 Å². The van der Waals surface area contributed by atoms with Crippen molar-refractivity contribution in [1.29, 1.82) is 0 Å². The summed E-state index contributed by atoms with van der Waals surface area (Å²) in [5.41, 5.74) is 1.39. The highest BCUT2D eigenvalue weighted by Gasteiger charge is 2.16. The first-order valence-corrected chi connectivity index (χ1v) is 7.98. The Hall–Kier alpha value is -0.900. The number of nitrogens with one attached hydrogen (secondary N) is 1. The molecule has 0 spiro atoms. The van der Waals surface area contributed by atoms with E-state index in [0.29, 0.717) is 6.04 Å². The summed E-state index contributed by atoms with van der Waals surface area (Å²) >= 11 is 0. The van der Waals surface area contributed by atoms with Crippen LogP contribution in [-0.4, -0.2) is 42.3 Å². The van der Waals surface area contributed by atoms with Crippen molar-refractivity contribution in [2.24, 2.45) is 0 Å². The lowest BCUT2D eigenvalue weighted by Gasteiger charge is -2.29. The molecule has 1 aliphatic rings. The number of piperidine rings is 1. The third-order valence-corrected chi connectivity index (χ3v) is 4.21. The van der Waals surface area contributed by atoms with E-state index in [2.05, 4.69) is 47.5 Å². The maximum absolute atomic E-state index is 9.49. The van der Waals surface area contributed by atoms with Crippen LogP contribution in [0.25, 0.3) is 0 Å². The van der Waals surface area contributed by atoms with Crippen LogP contribution in [0.2, 0.25) is 0 Å². The lowest BCUT2D eigenvalue weighted by molar-refractivity contribution is 0.0820. The number of nitrogens with zero attached hydrogens (tertiary/aromatic N) is 1. The first-order chi connectivity index (χ1) is 9.79. The number of aliphatic hydroxyl groups excluding tert-OH is 1. The first-order valence-electron chi connectivity index (χ1n) is 7.98. The summed E-state index contributed by atoms with van der Waals surface area (Å²) in [4.78, 5) is 2.47. The summed E-state index contributed by atoms with van der Waals surface area (Å²) in [7, 11) is 0. The molecule has 1 aromatic carbocycles. The molecule has 2 N–H and O–H groups in total. The molecule has 0 aliphatic carbocycles. The highest BCUT2D eigenvalue weighted by molar-refractivity contribution is 5.18. The Bertz CT molecular complexity index is 361. The van der Waals surface area contributed by atoms with Crippen molar-refractivity contribution in [3.05, 3.63) is 35.9 Å². The molecule has 1 aliphatic heterocycles. The predicted molar refractivity (Wildman–Crippen MR) is 83.8 cm³/mol. The van der Waals surface area contributed by atoms with Gasteiger partial charge in [0.25, 0.3) is 0 Å². The van der Waals surface area contributed by atoms with Crippen LogP contribution in [0.3, 0.4) is 0 Å². The first kappa shape index (κ1) is 15.5. The zero-order valence-corrected chi connectivity index (χ0v) is 12.6. The molecule has 3 nitrogen and oxygen atoms in total. The van der Waals surface area contributed by atoms with Gasteiger partial charge in [0.15, 0.2) is 0 Å². The molecule has 112 valence electrons. The van der Waals surface area contributed by atoms with Gasteiger partial charge in [0.2, 0.25) is 0 Å². The van der Waals surface area contributed by atoms with Crippen molar-refractivity contribution in [3.8, 4) is 0 Å². The lowest BCUT2D eigenvalue weighted by atomic mass is 10.0. The van der Waals surface area contributed by atoms with E-state index in [-0.39, 0.29) is 6.10 Å². The maximum Gasteiger partial charge on any atom is 0.0564 e. The van der Waals surface area contributed by atoms with Crippen molar-refractivity contribution in [1.82, 2.24) is 10.2 Å². The second kappa shape index (κ2) is 8.40. The Morgan fingerprint density at radius 2 is 1.95 bits per heavy atom. The largest absolute Gasteiger partial charge is 0.393 e. The van der Waals surface area contributed by atoms with Crippen LogP contribution in [0.5, 0.6) is 0 Å². The Balaban J connectivity index is 1.64. The Labute approximate surface area is 123 Å². The summed E-state index contributed by atoms with van der Waals surface area (Å²) < 4.78 is 0. The second-order valence-corrected chi connectivity index (χ2v) is 5.75. The van der Waals surface area contributed by atoms with Gasteiger partial charge in [-0.3, -0.25) is 0 Å². The summed E-state index contributed by atoms with van der Waals surface area (Å²) in [5, 5.41) is 13.1. The van der Waals surface area contributed by atoms with Gasteiger partial charge in [-0.05, 0) is 44.3 Å². The summed E-state index contributed by atoms with van der Waals surface area (Å²) in [6, 6.07) is 11.2. The fourth-order valence-electron chi connectivity index (χ4n) is 2.91. The van der Waals surface area contributed by atoms with E-state index in [4.69, 9.17) is 0 Å². The van der Waals surface area contributed by atoms with E-state index in [1.165, 1.54) is 12.0 Å². The van der Waals surface area contributed by atoms with Crippen LogP contribution in [0.4, 0.5) is 0 Å². The van der Waals surface area contributed by atoms with Crippen LogP contribution < -0.4 is 5.32 Å². The number of likely N-dealkylation sites (tertiary alicyclic amines) is 1. The third kappa shape index (κ3) is 4.89. The van der Waals surface area contributed by atoms with Crippen LogP contribution in [-0.2, 0) is 0 Å². The lowest BCUT2D eigenvalue weighted by Crippen LogP contribution is -2.37. The quantitative estimate of drug-likeness (QED) is 0.751. The minimum Gasteiger partial charge on any atom is -0.393 e. The molecule has 1 saturated heterocycles. The molecular formula is C17H28N2O. The predicted octanol–water partition coefficient (Wildman–Crippen LogP) is 2.57. The standard InChI is InChI=1S/C17H28N2O/c1-2-17(15-7-4-3-5-8-15)18-11-6-12-19-13-9-16(20)10-14-19/h3-5,7-8,16-18,20H,2,6,9-14H2,1H3. The third-order valence-electron chi connectivity index (χ3n) is 4.21. The molecule has 3 heteroatoms. The molecule has 0 aromatic heterocycles. The molecule has 1 atom stereocenters. The van der Waals surface area contributed by atoms with Gasteiger partial charge >= 0.3 is 0 Å². The highest BCUT2D eigenvalue weighted by atomic mass is 16.3. The van der Waals surface area contributed by atoms with E-state index in [9.17, 15) is 5.11 Å². The van der Waals surface area contributed by atoms with Gasteiger partial charge in [0, 0.05) is 19.1 Å². The minimum atomic E-state index is -0.0630. The van der Waals surface area contributed by atoms with E-state index in [0.717, 1.165) is 45.4 Å². The van der Waals surface area contributed by atoms with Crippen molar-refractivity contribution < 1.29 is 5.11 Å². The number of hydrogen-bond donors (Lipinski definition) is 2. The molecular weight excluding hydrogens is 248 g/mol. The van der Waals surface area contributed by atoms with E-state index < -0.39 is 0 Å². The maximum atomic E-state index is 9.49. The molecule has 0 saturated carbocycles. The summed E-state index contributed by atoms with van der Waals surface area (Å²) in [5.74, 6) is 0. The minimum absolute atomic E-state index is 0.0630. The zero-order valence-electron chi connectivity index (χ0n) is 12.6. The molecule has 0 radical (unpaired) electrons. The summed E-state index contributed by atoms with van der Waals surface area (Å²) in [6.45, 7) is 6.54. The number of aliphatic hydroxyl groups is 1. The normalized spacial score (nSPS) is 19.1. The van der Waals surface area contributed by atoms with Crippen LogP contribution in [0.1, 0.15) is 44.2 Å². The van der Waals surface area contributed by atoms with Crippen molar-refractivity contribution in [2.45, 2.75) is 44.8 Å². The molecule has 1 fully saturated rings. The van der Waals surface area contributed by atoms with Crippen LogP contribution >= 0.6 is 0 Å². The second-order valence-electron chi connectivity index (χ2n) is 5.75. The van der Waals surface area contributed by atoms with Gasteiger partial charge in [-0.15, -0.1) is 0 Å². The Morgan fingerprint density at radius 3 is 2.60 bits per heavy atom. The SMILES string of the molecule is CCC(NCCCN1CCC(O)CC1)c1ccccc1. The number of hydrogen-bond acceptors (Lipinski definition) is 3. The molecule has 1 unspecified atom stereocenters. The fourth-order valence-corrected chi connectivity index (χ4v) is 2.91.